The first-order valence-electron chi connectivity index (χ1n) is 9.91. The van der Waals surface area contributed by atoms with Crippen LogP contribution in [0, 0.1) is 6.92 Å². The number of carbonyl (C=O) groups is 2. The minimum Gasteiger partial charge on any atom is -0.503 e. The van der Waals surface area contributed by atoms with E-state index >= 15 is 0 Å². The second-order valence-corrected chi connectivity index (χ2v) is 8.02. The van der Waals surface area contributed by atoms with Crippen LogP contribution < -0.4 is 4.90 Å². The molecule has 5 rings (SSSR count). The number of Topliss-reactive ketones (excluding diaryl/α,β-unsaturated/α-hetero) is 1. The molecular weight excluding hydrogens is 428 g/mol. The molecule has 0 bridgehead atoms. The molecular formula is C25H17ClN2O4. The van der Waals surface area contributed by atoms with Crippen LogP contribution in [-0.4, -0.2) is 21.8 Å². The third kappa shape index (κ3) is 3.25. The number of aromatic nitrogens is 1. The Balaban J connectivity index is 1.66. The maximum absolute atomic E-state index is 13.5. The second-order valence-electron chi connectivity index (χ2n) is 7.58. The van der Waals surface area contributed by atoms with Crippen molar-refractivity contribution in [3.05, 3.63) is 106 Å². The van der Waals surface area contributed by atoms with Crippen LogP contribution in [0.25, 0.3) is 11.0 Å². The van der Waals surface area contributed by atoms with E-state index in [1.54, 1.807) is 54.9 Å². The Labute approximate surface area is 188 Å². The van der Waals surface area contributed by atoms with Crippen LogP contribution in [0.1, 0.15) is 27.7 Å². The molecule has 1 aliphatic rings. The Morgan fingerprint density at radius 3 is 2.62 bits per heavy atom. The van der Waals surface area contributed by atoms with Crippen molar-refractivity contribution >= 4 is 39.9 Å². The van der Waals surface area contributed by atoms with Gasteiger partial charge in [0.15, 0.2) is 11.5 Å². The molecule has 2 aromatic carbocycles. The maximum atomic E-state index is 13.5. The smallest absolute Gasteiger partial charge is 0.294 e. The fraction of sp³-hybridized carbons (Fsp3) is 0.0800. The van der Waals surface area contributed by atoms with Crippen molar-refractivity contribution < 1.29 is 19.1 Å². The number of pyridine rings is 1. The first kappa shape index (κ1) is 20.0. The Kier molecular flexibility index (Phi) is 4.79. The van der Waals surface area contributed by atoms with E-state index in [0.717, 1.165) is 5.56 Å². The number of ketones is 1. The lowest BCUT2D eigenvalue weighted by atomic mass is 9.95. The number of carbonyl (C=O) groups excluding carboxylic acids is 2. The van der Waals surface area contributed by atoms with Gasteiger partial charge < -0.3 is 9.52 Å². The number of amides is 1. The number of aliphatic hydroxyl groups excluding tert-OH is 1. The Bertz CT molecular complexity index is 1410. The second kappa shape index (κ2) is 7.66. The molecule has 0 spiro atoms. The molecule has 6 nitrogen and oxygen atoms in total. The predicted octanol–water partition coefficient (Wildman–Crippen LogP) is 5.57. The van der Waals surface area contributed by atoms with Gasteiger partial charge in [-0.3, -0.25) is 19.5 Å². The lowest BCUT2D eigenvalue weighted by Crippen LogP contribution is -2.31. The quantitative estimate of drug-likeness (QED) is 0.416. The molecule has 1 unspecified atom stereocenters. The van der Waals surface area contributed by atoms with E-state index in [2.05, 4.69) is 4.98 Å². The molecule has 2 aromatic heterocycles. The van der Waals surface area contributed by atoms with Crippen molar-refractivity contribution in [2.75, 3.05) is 4.90 Å². The summed E-state index contributed by atoms with van der Waals surface area (Å²) >= 11 is 6.05. The summed E-state index contributed by atoms with van der Waals surface area (Å²) in [6.45, 7) is 1.91. The van der Waals surface area contributed by atoms with Crippen LogP contribution in [0.15, 0.2) is 88.8 Å². The topological polar surface area (TPSA) is 83.6 Å². The fourth-order valence-corrected chi connectivity index (χ4v) is 4.18. The van der Waals surface area contributed by atoms with Crippen LogP contribution >= 0.6 is 11.6 Å². The summed E-state index contributed by atoms with van der Waals surface area (Å²) in [4.78, 5) is 32.2. The molecule has 1 atom stereocenters. The highest BCUT2D eigenvalue weighted by Gasteiger charge is 2.45. The lowest BCUT2D eigenvalue weighted by molar-refractivity contribution is -0.117. The van der Waals surface area contributed by atoms with Crippen LogP contribution in [-0.2, 0) is 4.79 Å². The van der Waals surface area contributed by atoms with Gasteiger partial charge in [-0.05, 0) is 66.6 Å². The van der Waals surface area contributed by atoms with Crippen molar-refractivity contribution in [3.63, 3.8) is 0 Å². The van der Waals surface area contributed by atoms with Gasteiger partial charge in [0.25, 0.3) is 5.91 Å². The molecule has 1 amide bonds. The van der Waals surface area contributed by atoms with E-state index in [-0.39, 0.29) is 11.3 Å². The first-order chi connectivity index (χ1) is 15.4. The van der Waals surface area contributed by atoms with Crippen molar-refractivity contribution in [1.82, 2.24) is 4.98 Å². The van der Waals surface area contributed by atoms with E-state index < -0.39 is 23.5 Å². The van der Waals surface area contributed by atoms with Gasteiger partial charge in [0.2, 0.25) is 5.78 Å². The summed E-state index contributed by atoms with van der Waals surface area (Å²) in [6, 6.07) is 16.5. The molecule has 1 N–H and O–H groups in total. The zero-order chi connectivity index (χ0) is 22.4. The summed E-state index contributed by atoms with van der Waals surface area (Å²) in [6.07, 6.45) is 3.16. The molecule has 4 aromatic rings. The van der Waals surface area contributed by atoms with Gasteiger partial charge in [-0.1, -0.05) is 23.7 Å². The average Bonchev–Trinajstić information content (AvgIpc) is 3.32. The number of aliphatic hydroxyl groups is 1. The third-order valence-electron chi connectivity index (χ3n) is 5.46. The Morgan fingerprint density at radius 1 is 1.09 bits per heavy atom. The number of aryl methyl sites for hydroxylation is 1. The average molecular weight is 445 g/mol. The highest BCUT2D eigenvalue weighted by molar-refractivity contribution is 6.31. The minimum atomic E-state index is -0.836. The molecule has 158 valence electrons. The predicted molar refractivity (Wildman–Crippen MR) is 121 cm³/mol. The van der Waals surface area contributed by atoms with E-state index in [1.807, 2.05) is 25.1 Å². The van der Waals surface area contributed by atoms with E-state index in [1.165, 1.54) is 4.90 Å². The summed E-state index contributed by atoms with van der Waals surface area (Å²) in [5.41, 5.74) is 2.59. The van der Waals surface area contributed by atoms with Crippen molar-refractivity contribution in [3.8, 4) is 0 Å². The van der Waals surface area contributed by atoms with Crippen molar-refractivity contribution in [1.29, 1.82) is 0 Å². The highest BCUT2D eigenvalue weighted by Crippen LogP contribution is 2.42. The largest absolute Gasteiger partial charge is 0.503 e. The summed E-state index contributed by atoms with van der Waals surface area (Å²) in [5.74, 6) is -1.81. The lowest BCUT2D eigenvalue weighted by Gasteiger charge is -2.26. The number of benzene rings is 2. The molecule has 7 heteroatoms. The molecule has 0 aliphatic carbocycles. The van der Waals surface area contributed by atoms with Gasteiger partial charge in [-0.2, -0.15) is 0 Å². The number of fused-ring (bicyclic) bond motifs is 1. The summed E-state index contributed by atoms with van der Waals surface area (Å²) in [7, 11) is 0. The van der Waals surface area contributed by atoms with Crippen molar-refractivity contribution in [2.45, 2.75) is 13.0 Å². The Hall–Kier alpha value is -3.90. The van der Waals surface area contributed by atoms with Gasteiger partial charge in [0, 0.05) is 28.5 Å². The zero-order valence-electron chi connectivity index (χ0n) is 16.9. The molecule has 0 saturated heterocycles. The number of halogens is 1. The molecule has 3 heterocycles. The third-order valence-corrected chi connectivity index (χ3v) is 5.69. The first-order valence-corrected chi connectivity index (χ1v) is 10.3. The minimum absolute atomic E-state index is 0.0155. The number of anilines is 1. The van der Waals surface area contributed by atoms with Crippen LogP contribution in [0.5, 0.6) is 0 Å². The summed E-state index contributed by atoms with van der Waals surface area (Å²) in [5, 5.41) is 12.0. The van der Waals surface area contributed by atoms with Gasteiger partial charge in [-0.25, -0.2) is 0 Å². The monoisotopic (exact) mass is 444 g/mol. The van der Waals surface area contributed by atoms with Crippen LogP contribution in [0.4, 0.5) is 5.69 Å². The number of hydrogen-bond acceptors (Lipinski definition) is 5. The van der Waals surface area contributed by atoms with Gasteiger partial charge in [0.1, 0.15) is 5.58 Å². The van der Waals surface area contributed by atoms with Crippen LogP contribution in [0.2, 0.25) is 5.02 Å². The van der Waals surface area contributed by atoms with E-state index in [9.17, 15) is 14.7 Å². The summed E-state index contributed by atoms with van der Waals surface area (Å²) < 4.78 is 5.73. The standard InChI is InChI=1S/C25H17ClN2O4/c1-14-3-2-4-18(11-14)28-22(15-7-9-27-10-8-15)21(24(30)25(28)31)23(29)20-13-16-12-17(26)5-6-19(16)32-20/h2-13,22,30H,1H3. The normalized spacial score (nSPS) is 16.2. The molecule has 0 radical (unpaired) electrons. The molecule has 0 saturated carbocycles. The number of nitrogens with zero attached hydrogens (tertiary/aromatic N) is 2. The molecule has 0 fully saturated rings. The van der Waals surface area contributed by atoms with Crippen molar-refractivity contribution in [2.24, 2.45) is 0 Å². The number of hydrogen-bond donors (Lipinski definition) is 1. The Morgan fingerprint density at radius 2 is 1.88 bits per heavy atom. The maximum Gasteiger partial charge on any atom is 0.294 e. The molecule has 32 heavy (non-hydrogen) atoms. The zero-order valence-corrected chi connectivity index (χ0v) is 17.7. The van der Waals surface area contributed by atoms with E-state index in [4.69, 9.17) is 16.0 Å². The van der Waals surface area contributed by atoms with Gasteiger partial charge in [0.05, 0.1) is 11.6 Å². The molecule has 1 aliphatic heterocycles. The SMILES string of the molecule is Cc1cccc(N2C(=O)C(O)=C(C(=O)c3cc4cc(Cl)ccc4o3)C2c2ccncc2)c1. The number of rotatable bonds is 4. The number of furan rings is 1. The van der Waals surface area contributed by atoms with Gasteiger partial charge >= 0.3 is 0 Å². The van der Waals surface area contributed by atoms with Crippen LogP contribution in [0.3, 0.4) is 0 Å². The fourth-order valence-electron chi connectivity index (χ4n) is 4.00. The van der Waals surface area contributed by atoms with E-state index in [0.29, 0.717) is 27.2 Å². The van der Waals surface area contributed by atoms with Gasteiger partial charge in [-0.15, -0.1) is 0 Å². The highest BCUT2D eigenvalue weighted by atomic mass is 35.5.